The van der Waals surface area contributed by atoms with E-state index in [0.29, 0.717) is 19.5 Å². The number of amides is 2. The standard InChI is InChI=1S/C18H27N3O2/c1-20(16-9-4-2-5-10-16)13-8-12-19-17(22)15-21-14-7-3-6-11-18(21)23/h2,4-5,9-10H,3,6-8,11-15H2,1H3,(H,19,22). The summed E-state index contributed by atoms with van der Waals surface area (Å²) < 4.78 is 0. The number of anilines is 1. The molecule has 0 atom stereocenters. The van der Waals surface area contributed by atoms with Gasteiger partial charge in [0.25, 0.3) is 0 Å². The maximum atomic E-state index is 12.0. The highest BCUT2D eigenvalue weighted by molar-refractivity contribution is 5.84. The Morgan fingerprint density at radius 1 is 1.22 bits per heavy atom. The lowest BCUT2D eigenvalue weighted by atomic mass is 10.2. The molecule has 5 heteroatoms. The Morgan fingerprint density at radius 3 is 2.78 bits per heavy atom. The molecule has 1 aliphatic heterocycles. The van der Waals surface area contributed by atoms with E-state index in [2.05, 4.69) is 22.3 Å². The molecule has 0 aromatic heterocycles. The molecule has 1 aromatic rings. The molecule has 126 valence electrons. The van der Waals surface area contributed by atoms with Gasteiger partial charge in [-0.15, -0.1) is 0 Å². The van der Waals surface area contributed by atoms with Gasteiger partial charge in [-0.25, -0.2) is 0 Å². The van der Waals surface area contributed by atoms with Gasteiger partial charge in [0.15, 0.2) is 0 Å². The topological polar surface area (TPSA) is 52.7 Å². The van der Waals surface area contributed by atoms with Crippen molar-refractivity contribution in [1.29, 1.82) is 0 Å². The number of benzene rings is 1. The first-order valence-electron chi connectivity index (χ1n) is 8.47. The van der Waals surface area contributed by atoms with Gasteiger partial charge in [-0.3, -0.25) is 9.59 Å². The lowest BCUT2D eigenvalue weighted by molar-refractivity contribution is -0.135. The Hall–Kier alpha value is -2.04. The van der Waals surface area contributed by atoms with E-state index in [1.165, 1.54) is 5.69 Å². The largest absolute Gasteiger partial charge is 0.375 e. The third-order valence-electron chi connectivity index (χ3n) is 4.20. The van der Waals surface area contributed by atoms with E-state index in [4.69, 9.17) is 0 Å². The summed E-state index contributed by atoms with van der Waals surface area (Å²) in [5.41, 5.74) is 1.17. The Bertz CT molecular complexity index is 504. The van der Waals surface area contributed by atoms with Crippen molar-refractivity contribution in [3.8, 4) is 0 Å². The van der Waals surface area contributed by atoms with Crippen LogP contribution in [0.3, 0.4) is 0 Å². The number of nitrogens with one attached hydrogen (secondary N) is 1. The van der Waals surface area contributed by atoms with Gasteiger partial charge in [-0.1, -0.05) is 24.6 Å². The lowest BCUT2D eigenvalue weighted by Gasteiger charge is -2.21. The highest BCUT2D eigenvalue weighted by atomic mass is 16.2. The van der Waals surface area contributed by atoms with Crippen LogP contribution in [0.15, 0.2) is 30.3 Å². The average Bonchev–Trinajstić information content (AvgIpc) is 2.77. The molecule has 0 saturated carbocycles. The second-order valence-corrected chi connectivity index (χ2v) is 6.09. The third kappa shape index (κ3) is 5.93. The Labute approximate surface area is 138 Å². The highest BCUT2D eigenvalue weighted by Crippen LogP contribution is 2.11. The maximum Gasteiger partial charge on any atom is 0.239 e. The number of carbonyl (C=O) groups excluding carboxylic acids is 2. The van der Waals surface area contributed by atoms with E-state index in [-0.39, 0.29) is 18.4 Å². The predicted octanol–water partition coefficient (Wildman–Crippen LogP) is 2.03. The SMILES string of the molecule is CN(CCCNC(=O)CN1CCCCCC1=O)c1ccccc1. The third-order valence-corrected chi connectivity index (χ3v) is 4.20. The van der Waals surface area contributed by atoms with Crippen LogP contribution < -0.4 is 10.2 Å². The second-order valence-electron chi connectivity index (χ2n) is 6.09. The molecule has 2 rings (SSSR count). The lowest BCUT2D eigenvalue weighted by Crippen LogP contribution is -2.41. The van der Waals surface area contributed by atoms with Crippen molar-refractivity contribution in [2.45, 2.75) is 32.1 Å². The molecule has 0 aliphatic carbocycles. The summed E-state index contributed by atoms with van der Waals surface area (Å²) >= 11 is 0. The van der Waals surface area contributed by atoms with Crippen molar-refractivity contribution >= 4 is 17.5 Å². The molecule has 5 nitrogen and oxygen atoms in total. The van der Waals surface area contributed by atoms with Gasteiger partial charge < -0.3 is 15.1 Å². The molecule has 1 heterocycles. The number of hydrogen-bond donors (Lipinski definition) is 1. The van der Waals surface area contributed by atoms with Crippen LogP contribution in [0.25, 0.3) is 0 Å². The molecule has 2 amide bonds. The smallest absolute Gasteiger partial charge is 0.239 e. The number of nitrogens with zero attached hydrogens (tertiary/aromatic N) is 2. The van der Waals surface area contributed by atoms with Crippen LogP contribution >= 0.6 is 0 Å². The van der Waals surface area contributed by atoms with Gasteiger partial charge in [0.05, 0.1) is 6.54 Å². The maximum absolute atomic E-state index is 12.0. The molecule has 23 heavy (non-hydrogen) atoms. The summed E-state index contributed by atoms with van der Waals surface area (Å²) in [5.74, 6) is 0.0593. The minimum Gasteiger partial charge on any atom is -0.375 e. The molecular formula is C18H27N3O2. The van der Waals surface area contributed by atoms with Gasteiger partial charge in [-0.2, -0.15) is 0 Å². The fourth-order valence-corrected chi connectivity index (χ4v) is 2.79. The van der Waals surface area contributed by atoms with Crippen molar-refractivity contribution in [1.82, 2.24) is 10.2 Å². The first-order chi connectivity index (χ1) is 11.2. The van der Waals surface area contributed by atoms with E-state index in [1.54, 1.807) is 4.90 Å². The number of rotatable bonds is 7. The Balaban J connectivity index is 1.64. The van der Waals surface area contributed by atoms with Crippen molar-refractivity contribution < 1.29 is 9.59 Å². The average molecular weight is 317 g/mol. The molecule has 0 radical (unpaired) electrons. The number of likely N-dealkylation sites (tertiary alicyclic amines) is 1. The Morgan fingerprint density at radius 2 is 2.00 bits per heavy atom. The quantitative estimate of drug-likeness (QED) is 0.783. The summed E-state index contributed by atoms with van der Waals surface area (Å²) in [6, 6.07) is 10.2. The van der Waals surface area contributed by atoms with Gasteiger partial charge in [0.2, 0.25) is 11.8 Å². The Kier molecular flexibility index (Phi) is 6.91. The molecule has 1 N–H and O–H groups in total. The second kappa shape index (κ2) is 9.18. The molecular weight excluding hydrogens is 290 g/mol. The summed E-state index contributed by atoms with van der Waals surface area (Å²) in [7, 11) is 2.05. The zero-order valence-corrected chi connectivity index (χ0v) is 14.0. The zero-order valence-electron chi connectivity index (χ0n) is 14.0. The number of para-hydroxylation sites is 1. The van der Waals surface area contributed by atoms with Gasteiger partial charge >= 0.3 is 0 Å². The van der Waals surface area contributed by atoms with Crippen LogP contribution in [0.5, 0.6) is 0 Å². The minimum absolute atomic E-state index is 0.0531. The molecule has 0 unspecified atom stereocenters. The van der Waals surface area contributed by atoms with E-state index in [0.717, 1.165) is 32.2 Å². The van der Waals surface area contributed by atoms with Crippen LogP contribution in [0.1, 0.15) is 32.1 Å². The number of hydrogen-bond acceptors (Lipinski definition) is 3. The van der Waals surface area contributed by atoms with Gasteiger partial charge in [0.1, 0.15) is 0 Å². The molecule has 1 fully saturated rings. The van der Waals surface area contributed by atoms with Crippen LogP contribution in [-0.2, 0) is 9.59 Å². The molecule has 1 saturated heterocycles. The van der Waals surface area contributed by atoms with Gasteiger partial charge in [-0.05, 0) is 31.4 Å². The van der Waals surface area contributed by atoms with Crippen molar-refractivity contribution in [3.63, 3.8) is 0 Å². The minimum atomic E-state index is -0.0531. The molecule has 0 spiro atoms. The van der Waals surface area contributed by atoms with Crippen molar-refractivity contribution in [2.24, 2.45) is 0 Å². The van der Waals surface area contributed by atoms with Crippen LogP contribution in [0, 0.1) is 0 Å². The van der Waals surface area contributed by atoms with E-state index in [1.807, 2.05) is 25.2 Å². The van der Waals surface area contributed by atoms with Crippen LogP contribution in [-0.4, -0.2) is 49.9 Å². The summed E-state index contributed by atoms with van der Waals surface area (Å²) in [5, 5.41) is 2.92. The normalized spacial score (nSPS) is 15.2. The predicted molar refractivity (Wildman–Crippen MR) is 92.4 cm³/mol. The van der Waals surface area contributed by atoms with E-state index >= 15 is 0 Å². The van der Waals surface area contributed by atoms with Crippen LogP contribution in [0.4, 0.5) is 5.69 Å². The van der Waals surface area contributed by atoms with Crippen molar-refractivity contribution in [3.05, 3.63) is 30.3 Å². The first kappa shape index (κ1) is 17.3. The zero-order chi connectivity index (χ0) is 16.5. The molecule has 0 bridgehead atoms. The van der Waals surface area contributed by atoms with Crippen LogP contribution in [0.2, 0.25) is 0 Å². The molecule has 1 aromatic carbocycles. The summed E-state index contributed by atoms with van der Waals surface area (Å²) in [4.78, 5) is 27.7. The summed E-state index contributed by atoms with van der Waals surface area (Å²) in [6.45, 7) is 2.43. The van der Waals surface area contributed by atoms with Crippen molar-refractivity contribution in [2.75, 3.05) is 38.1 Å². The highest BCUT2D eigenvalue weighted by Gasteiger charge is 2.18. The van der Waals surface area contributed by atoms with Gasteiger partial charge in [0, 0.05) is 38.8 Å². The number of carbonyl (C=O) groups is 2. The molecule has 1 aliphatic rings. The summed E-state index contributed by atoms with van der Waals surface area (Å²) in [6.07, 6.45) is 4.49. The fourth-order valence-electron chi connectivity index (χ4n) is 2.79. The first-order valence-corrected chi connectivity index (χ1v) is 8.47. The van der Waals surface area contributed by atoms with E-state index in [9.17, 15) is 9.59 Å². The monoisotopic (exact) mass is 317 g/mol. The fraction of sp³-hybridized carbons (Fsp3) is 0.556. The van der Waals surface area contributed by atoms with E-state index < -0.39 is 0 Å².